The number of rotatable bonds is 5. The van der Waals surface area contributed by atoms with Gasteiger partial charge in [0.2, 0.25) is 0 Å². The fraction of sp³-hybridized carbons (Fsp3) is 0.250. The average Bonchev–Trinajstić information content (AvgIpc) is 3.36. The summed E-state index contributed by atoms with van der Waals surface area (Å²) < 4.78 is 28.9. The van der Waals surface area contributed by atoms with Gasteiger partial charge in [-0.15, -0.1) is 0 Å². The van der Waals surface area contributed by atoms with Gasteiger partial charge in [-0.2, -0.15) is 0 Å². The molecule has 2 aromatic carbocycles. The van der Waals surface area contributed by atoms with Crippen LogP contribution in [0.25, 0.3) is 11.1 Å². The average molecular weight is 420 g/mol. The fourth-order valence-electron chi connectivity index (χ4n) is 3.58. The molecular formula is C20H16ClF2N3O3. The Kier molecular flexibility index (Phi) is 4.53. The van der Waals surface area contributed by atoms with E-state index in [0.29, 0.717) is 5.56 Å². The number of nitrogens with one attached hydrogen (secondary N) is 3. The molecule has 2 aromatic rings. The van der Waals surface area contributed by atoms with Crippen molar-refractivity contribution >= 4 is 29.4 Å². The van der Waals surface area contributed by atoms with Gasteiger partial charge in [-0.05, 0) is 36.1 Å². The number of alkyl halides is 1. The number of halogens is 3. The van der Waals surface area contributed by atoms with E-state index in [4.69, 9.17) is 11.6 Å². The predicted octanol–water partition coefficient (Wildman–Crippen LogP) is 2.96. The zero-order valence-corrected chi connectivity index (χ0v) is 15.8. The minimum Gasteiger partial charge on any atom is -0.349 e. The molecule has 4 amide bonds. The van der Waals surface area contributed by atoms with Crippen LogP contribution in [-0.2, 0) is 4.79 Å². The van der Waals surface area contributed by atoms with E-state index in [1.54, 1.807) is 30.3 Å². The zero-order valence-electron chi connectivity index (χ0n) is 15.0. The van der Waals surface area contributed by atoms with Gasteiger partial charge in [-0.3, -0.25) is 14.9 Å². The van der Waals surface area contributed by atoms with Crippen LogP contribution in [-0.4, -0.2) is 35.6 Å². The van der Waals surface area contributed by atoms with Crippen LogP contribution in [0, 0.1) is 5.82 Å². The third-order valence-corrected chi connectivity index (χ3v) is 5.57. The molecule has 1 unspecified atom stereocenters. The van der Waals surface area contributed by atoms with Crippen LogP contribution in [0.3, 0.4) is 0 Å². The number of benzene rings is 2. The normalized spacial score (nSPS) is 22.0. The lowest BCUT2D eigenvalue weighted by atomic mass is 9.90. The van der Waals surface area contributed by atoms with Crippen molar-refractivity contribution in [3.05, 3.63) is 58.9 Å². The molecular weight excluding hydrogens is 404 g/mol. The maximum absolute atomic E-state index is 14.9. The van der Waals surface area contributed by atoms with Crippen molar-refractivity contribution in [2.45, 2.75) is 24.0 Å². The number of carbonyl (C=O) groups is 3. The second kappa shape index (κ2) is 6.81. The smallest absolute Gasteiger partial charge is 0.322 e. The number of hydrogen-bond acceptors (Lipinski definition) is 3. The first-order valence-electron chi connectivity index (χ1n) is 8.91. The standard InChI is InChI=1S/C20H16ClF2N3O3/c21-14-9-12(22)8-13(11-4-2-1-3-5-11)15(14)16(27)24-10-20(19(23)6-7-19)17(28)25-18(29)26-20/h1-5,8-9H,6-7,10H2,(H,24,27)(H2,25,26,28,29). The molecule has 0 bridgehead atoms. The summed E-state index contributed by atoms with van der Waals surface area (Å²) in [4.78, 5) is 36.8. The van der Waals surface area contributed by atoms with Gasteiger partial charge >= 0.3 is 6.03 Å². The van der Waals surface area contributed by atoms with Crippen LogP contribution in [0.5, 0.6) is 0 Å². The highest BCUT2D eigenvalue weighted by atomic mass is 35.5. The lowest BCUT2D eigenvalue weighted by molar-refractivity contribution is -0.126. The first-order chi connectivity index (χ1) is 13.8. The molecule has 1 atom stereocenters. The van der Waals surface area contributed by atoms with Gasteiger partial charge in [0.15, 0.2) is 5.54 Å². The van der Waals surface area contributed by atoms with Crippen molar-refractivity contribution in [3.8, 4) is 11.1 Å². The molecule has 0 spiro atoms. The highest BCUT2D eigenvalue weighted by Crippen LogP contribution is 2.49. The lowest BCUT2D eigenvalue weighted by Gasteiger charge is -2.30. The van der Waals surface area contributed by atoms with Crippen LogP contribution in [0.15, 0.2) is 42.5 Å². The van der Waals surface area contributed by atoms with E-state index >= 15 is 0 Å². The molecule has 4 rings (SSSR count). The van der Waals surface area contributed by atoms with E-state index in [9.17, 15) is 23.2 Å². The van der Waals surface area contributed by atoms with E-state index in [0.717, 1.165) is 6.07 Å². The zero-order chi connectivity index (χ0) is 20.8. The summed E-state index contributed by atoms with van der Waals surface area (Å²) in [5, 5.41) is 6.69. The first kappa shape index (κ1) is 19.3. The number of imide groups is 1. The molecule has 1 aliphatic carbocycles. The monoisotopic (exact) mass is 419 g/mol. The minimum absolute atomic E-state index is 0.0112. The van der Waals surface area contributed by atoms with Gasteiger partial charge in [0, 0.05) is 0 Å². The Labute approximate surface area is 169 Å². The summed E-state index contributed by atoms with van der Waals surface area (Å²) in [6, 6.07) is 9.95. The van der Waals surface area contributed by atoms with Gasteiger partial charge in [0.25, 0.3) is 11.8 Å². The van der Waals surface area contributed by atoms with Crippen molar-refractivity contribution < 1.29 is 23.2 Å². The van der Waals surface area contributed by atoms with Crippen molar-refractivity contribution in [3.63, 3.8) is 0 Å². The molecule has 9 heteroatoms. The summed E-state index contributed by atoms with van der Waals surface area (Å²) >= 11 is 6.14. The van der Waals surface area contributed by atoms with Crippen molar-refractivity contribution in [2.75, 3.05) is 6.54 Å². The van der Waals surface area contributed by atoms with Crippen LogP contribution in [0.2, 0.25) is 5.02 Å². The van der Waals surface area contributed by atoms with Gasteiger partial charge in [0.05, 0.1) is 17.1 Å². The molecule has 150 valence electrons. The highest BCUT2D eigenvalue weighted by molar-refractivity contribution is 6.34. The first-order valence-corrected chi connectivity index (χ1v) is 9.29. The maximum Gasteiger partial charge on any atom is 0.322 e. The molecule has 3 N–H and O–H groups in total. The third-order valence-electron chi connectivity index (χ3n) is 5.28. The van der Waals surface area contributed by atoms with E-state index in [-0.39, 0.29) is 29.0 Å². The van der Waals surface area contributed by atoms with Crippen molar-refractivity contribution in [2.24, 2.45) is 0 Å². The van der Waals surface area contributed by atoms with E-state index < -0.39 is 41.4 Å². The molecule has 1 aliphatic heterocycles. The Hall–Kier alpha value is -3.00. The molecule has 0 radical (unpaired) electrons. The maximum atomic E-state index is 14.9. The van der Waals surface area contributed by atoms with Crippen LogP contribution in [0.4, 0.5) is 13.6 Å². The molecule has 1 heterocycles. The van der Waals surface area contributed by atoms with Crippen LogP contribution in [0.1, 0.15) is 23.2 Å². The van der Waals surface area contributed by atoms with Crippen molar-refractivity contribution in [1.82, 2.24) is 16.0 Å². The summed E-state index contributed by atoms with van der Waals surface area (Å²) in [6.45, 7) is -0.470. The van der Waals surface area contributed by atoms with Crippen molar-refractivity contribution in [1.29, 1.82) is 0 Å². The summed E-state index contributed by atoms with van der Waals surface area (Å²) in [5.74, 6) is -2.17. The second-order valence-corrected chi connectivity index (χ2v) is 7.54. The Bertz CT molecular complexity index is 1030. The summed E-state index contributed by atoms with van der Waals surface area (Å²) in [5.41, 5.74) is -3.03. The molecule has 29 heavy (non-hydrogen) atoms. The number of hydrogen-bond donors (Lipinski definition) is 3. The van der Waals surface area contributed by atoms with Gasteiger partial charge in [-0.1, -0.05) is 41.9 Å². The molecule has 6 nitrogen and oxygen atoms in total. The molecule has 2 fully saturated rings. The molecule has 0 aromatic heterocycles. The van der Waals surface area contributed by atoms with E-state index in [1.807, 2.05) is 5.32 Å². The van der Waals surface area contributed by atoms with E-state index in [1.165, 1.54) is 6.07 Å². The Balaban J connectivity index is 1.66. The van der Waals surface area contributed by atoms with Gasteiger partial charge in [0.1, 0.15) is 11.5 Å². The van der Waals surface area contributed by atoms with E-state index in [2.05, 4.69) is 10.6 Å². The molecule has 1 saturated carbocycles. The molecule has 1 saturated heterocycles. The molecule has 2 aliphatic rings. The fourth-order valence-corrected chi connectivity index (χ4v) is 3.87. The minimum atomic E-state index is -1.94. The number of carbonyl (C=O) groups excluding carboxylic acids is 3. The Morgan fingerprint density at radius 3 is 2.45 bits per heavy atom. The summed E-state index contributed by atoms with van der Waals surface area (Å²) in [6.07, 6.45) is 0.173. The largest absolute Gasteiger partial charge is 0.349 e. The second-order valence-electron chi connectivity index (χ2n) is 7.14. The SMILES string of the molecule is O=C1NC(=O)C(CNC(=O)c2c(Cl)cc(F)cc2-c2ccccc2)(C2(F)CC2)N1. The number of amides is 4. The quantitative estimate of drug-likeness (QED) is 0.651. The third kappa shape index (κ3) is 3.23. The Morgan fingerprint density at radius 1 is 1.17 bits per heavy atom. The predicted molar refractivity (Wildman–Crippen MR) is 102 cm³/mol. The Morgan fingerprint density at radius 2 is 1.86 bits per heavy atom. The topological polar surface area (TPSA) is 87.3 Å². The number of urea groups is 1. The van der Waals surface area contributed by atoms with Crippen LogP contribution < -0.4 is 16.0 Å². The highest BCUT2D eigenvalue weighted by Gasteiger charge is 2.68. The summed E-state index contributed by atoms with van der Waals surface area (Å²) in [7, 11) is 0. The van der Waals surface area contributed by atoms with Gasteiger partial charge in [-0.25, -0.2) is 13.6 Å². The van der Waals surface area contributed by atoms with Gasteiger partial charge < -0.3 is 10.6 Å². The van der Waals surface area contributed by atoms with Crippen LogP contribution >= 0.6 is 11.6 Å². The lowest BCUT2D eigenvalue weighted by Crippen LogP contribution is -2.62.